The van der Waals surface area contributed by atoms with Gasteiger partial charge in [0.15, 0.2) is 0 Å². The van der Waals surface area contributed by atoms with E-state index in [2.05, 4.69) is 15.0 Å². The number of hydrogen-bond acceptors (Lipinski definition) is 4. The van der Waals surface area contributed by atoms with Crippen LogP contribution in [0.5, 0.6) is 5.75 Å². The lowest BCUT2D eigenvalue weighted by atomic mass is 10.0. The van der Waals surface area contributed by atoms with Crippen LogP contribution in [0.4, 0.5) is 0 Å². The normalized spacial score (nSPS) is 11.0. The van der Waals surface area contributed by atoms with Crippen LogP contribution in [-0.2, 0) is 0 Å². The summed E-state index contributed by atoms with van der Waals surface area (Å²) in [5, 5.41) is 11.6. The fourth-order valence-corrected chi connectivity index (χ4v) is 2.49. The Morgan fingerprint density at radius 1 is 0.714 bits per heavy atom. The van der Waals surface area contributed by atoms with Crippen molar-refractivity contribution in [2.24, 2.45) is 0 Å². The number of rotatable bonds is 1. The van der Waals surface area contributed by atoms with Crippen molar-refractivity contribution in [1.29, 1.82) is 0 Å². The number of phenolic OH excluding ortho intramolecular Hbond substituents is 1. The maximum Gasteiger partial charge on any atom is 0.116 e. The predicted molar refractivity (Wildman–Crippen MR) is 81.9 cm³/mol. The molecular weight excluding hydrogens is 262 g/mol. The van der Waals surface area contributed by atoms with Crippen LogP contribution in [0, 0.1) is 0 Å². The average molecular weight is 273 g/mol. The average Bonchev–Trinajstić information content (AvgIpc) is 2.54. The van der Waals surface area contributed by atoms with Gasteiger partial charge in [0.25, 0.3) is 0 Å². The van der Waals surface area contributed by atoms with Gasteiger partial charge in [0.2, 0.25) is 0 Å². The van der Waals surface area contributed by atoms with Crippen LogP contribution in [0.25, 0.3) is 33.1 Å². The van der Waals surface area contributed by atoms with Crippen LogP contribution in [0.2, 0.25) is 0 Å². The summed E-state index contributed by atoms with van der Waals surface area (Å²) in [6, 6.07) is 13.2. The molecular formula is C17H11N3O. The zero-order valence-electron chi connectivity index (χ0n) is 11.1. The molecule has 0 atom stereocenters. The number of benzene rings is 2. The smallest absolute Gasteiger partial charge is 0.116 e. The lowest BCUT2D eigenvalue weighted by Gasteiger charge is -2.06. The van der Waals surface area contributed by atoms with Crippen LogP contribution in [0.15, 0.2) is 61.1 Å². The van der Waals surface area contributed by atoms with Gasteiger partial charge in [-0.2, -0.15) is 0 Å². The second-order valence-electron chi connectivity index (χ2n) is 4.83. The van der Waals surface area contributed by atoms with E-state index < -0.39 is 0 Å². The summed E-state index contributed by atoms with van der Waals surface area (Å²) >= 11 is 0. The van der Waals surface area contributed by atoms with Crippen molar-refractivity contribution in [2.75, 3.05) is 0 Å². The van der Waals surface area contributed by atoms with Crippen molar-refractivity contribution in [1.82, 2.24) is 15.0 Å². The van der Waals surface area contributed by atoms with Crippen molar-refractivity contribution in [3.63, 3.8) is 0 Å². The summed E-state index contributed by atoms with van der Waals surface area (Å²) in [5.74, 6) is 0.268. The van der Waals surface area contributed by atoms with E-state index in [9.17, 15) is 5.11 Å². The molecule has 0 fully saturated rings. The highest BCUT2D eigenvalue weighted by molar-refractivity contribution is 5.93. The van der Waals surface area contributed by atoms with Gasteiger partial charge in [-0.05, 0) is 35.0 Å². The Kier molecular flexibility index (Phi) is 2.54. The molecule has 0 bridgehead atoms. The first kappa shape index (κ1) is 11.8. The molecule has 1 N–H and O–H groups in total. The van der Waals surface area contributed by atoms with Gasteiger partial charge in [-0.15, -0.1) is 0 Å². The van der Waals surface area contributed by atoms with Crippen LogP contribution < -0.4 is 0 Å². The van der Waals surface area contributed by atoms with Crippen LogP contribution in [0.3, 0.4) is 0 Å². The second-order valence-corrected chi connectivity index (χ2v) is 4.83. The van der Waals surface area contributed by atoms with E-state index in [4.69, 9.17) is 0 Å². The second kappa shape index (κ2) is 4.52. The molecule has 4 nitrogen and oxygen atoms in total. The van der Waals surface area contributed by atoms with E-state index in [1.165, 1.54) is 0 Å². The molecule has 0 aliphatic rings. The zero-order chi connectivity index (χ0) is 14.2. The third-order valence-corrected chi connectivity index (χ3v) is 3.48. The Balaban J connectivity index is 1.98. The van der Waals surface area contributed by atoms with E-state index >= 15 is 0 Å². The minimum Gasteiger partial charge on any atom is -0.508 e. The minimum atomic E-state index is 0.268. The largest absolute Gasteiger partial charge is 0.508 e. The first-order valence-electron chi connectivity index (χ1n) is 6.60. The lowest BCUT2D eigenvalue weighted by Crippen LogP contribution is -1.90. The Labute approximate surface area is 120 Å². The molecule has 0 aliphatic heterocycles. The van der Waals surface area contributed by atoms with Crippen LogP contribution in [-0.4, -0.2) is 20.1 Å². The van der Waals surface area contributed by atoms with Crippen molar-refractivity contribution < 1.29 is 5.11 Å². The maximum absolute atomic E-state index is 9.53. The summed E-state index contributed by atoms with van der Waals surface area (Å²) in [7, 11) is 0. The standard InChI is InChI=1S/C17H11N3O/c21-14-4-3-11-9-13(2-1-12(11)10-14)16-17-15(5-6-19-16)18-7-8-20-17/h1-10,21H. The third-order valence-electron chi connectivity index (χ3n) is 3.48. The molecule has 21 heavy (non-hydrogen) atoms. The van der Waals surface area contributed by atoms with E-state index in [-0.39, 0.29) is 5.75 Å². The van der Waals surface area contributed by atoms with Gasteiger partial charge >= 0.3 is 0 Å². The molecule has 0 radical (unpaired) electrons. The molecule has 0 unspecified atom stereocenters. The van der Waals surface area contributed by atoms with E-state index in [0.29, 0.717) is 0 Å². The van der Waals surface area contributed by atoms with Crippen LogP contribution >= 0.6 is 0 Å². The molecule has 4 aromatic rings. The summed E-state index contributed by atoms with van der Waals surface area (Å²) in [4.78, 5) is 13.1. The quantitative estimate of drug-likeness (QED) is 0.576. The molecule has 2 heterocycles. The molecule has 0 aliphatic carbocycles. The first-order chi connectivity index (χ1) is 10.3. The highest BCUT2D eigenvalue weighted by atomic mass is 16.3. The van der Waals surface area contributed by atoms with E-state index in [1.54, 1.807) is 30.7 Å². The van der Waals surface area contributed by atoms with Crippen LogP contribution in [0.1, 0.15) is 0 Å². The number of pyridine rings is 1. The number of aromatic hydroxyl groups is 1. The molecule has 0 saturated carbocycles. The van der Waals surface area contributed by atoms with Gasteiger partial charge in [-0.3, -0.25) is 15.0 Å². The molecule has 2 aromatic heterocycles. The van der Waals surface area contributed by atoms with E-state index in [1.807, 2.05) is 30.3 Å². The molecule has 0 amide bonds. The molecule has 100 valence electrons. The summed E-state index contributed by atoms with van der Waals surface area (Å²) in [5.41, 5.74) is 3.42. The molecule has 4 heteroatoms. The van der Waals surface area contributed by atoms with Crippen molar-refractivity contribution in [2.45, 2.75) is 0 Å². The maximum atomic E-state index is 9.53. The highest BCUT2D eigenvalue weighted by Gasteiger charge is 2.08. The lowest BCUT2D eigenvalue weighted by molar-refractivity contribution is 0.476. The van der Waals surface area contributed by atoms with Gasteiger partial charge in [-0.25, -0.2) is 0 Å². The predicted octanol–water partition coefficient (Wildman–Crippen LogP) is 3.55. The van der Waals surface area contributed by atoms with Gasteiger partial charge < -0.3 is 5.11 Å². The number of nitrogens with zero attached hydrogens (tertiary/aromatic N) is 3. The molecule has 0 saturated heterocycles. The molecule has 2 aromatic carbocycles. The number of hydrogen-bond donors (Lipinski definition) is 1. The summed E-state index contributed by atoms with van der Waals surface area (Å²) < 4.78 is 0. The monoisotopic (exact) mass is 273 g/mol. The molecule has 4 rings (SSSR count). The summed E-state index contributed by atoms with van der Waals surface area (Å²) in [6.45, 7) is 0. The van der Waals surface area contributed by atoms with Crippen molar-refractivity contribution >= 4 is 21.8 Å². The van der Waals surface area contributed by atoms with Gasteiger partial charge in [0.1, 0.15) is 11.3 Å². The zero-order valence-corrected chi connectivity index (χ0v) is 11.1. The fraction of sp³-hybridized carbons (Fsp3) is 0. The number of phenols is 1. The Hall–Kier alpha value is -3.01. The third kappa shape index (κ3) is 1.97. The SMILES string of the molecule is Oc1ccc2cc(-c3nccc4nccnc34)ccc2c1. The summed E-state index contributed by atoms with van der Waals surface area (Å²) in [6.07, 6.45) is 5.09. The number of fused-ring (bicyclic) bond motifs is 2. The number of aromatic nitrogens is 3. The Bertz CT molecular complexity index is 961. The fourth-order valence-electron chi connectivity index (χ4n) is 2.49. The first-order valence-corrected chi connectivity index (χ1v) is 6.60. The Morgan fingerprint density at radius 3 is 2.48 bits per heavy atom. The Morgan fingerprint density at radius 2 is 1.52 bits per heavy atom. The van der Waals surface area contributed by atoms with E-state index in [0.717, 1.165) is 33.1 Å². The van der Waals surface area contributed by atoms with Crippen molar-refractivity contribution in [3.05, 3.63) is 61.1 Å². The topological polar surface area (TPSA) is 58.9 Å². The van der Waals surface area contributed by atoms with Crippen molar-refractivity contribution in [3.8, 4) is 17.0 Å². The minimum absolute atomic E-state index is 0.268. The van der Waals surface area contributed by atoms with Gasteiger partial charge in [0, 0.05) is 24.2 Å². The molecule has 0 spiro atoms. The van der Waals surface area contributed by atoms with Gasteiger partial charge in [0.05, 0.1) is 11.2 Å². The highest BCUT2D eigenvalue weighted by Crippen LogP contribution is 2.28. The van der Waals surface area contributed by atoms with Gasteiger partial charge in [-0.1, -0.05) is 18.2 Å².